The Morgan fingerprint density at radius 1 is 1.20 bits per heavy atom. The van der Waals surface area contributed by atoms with Crippen LogP contribution in [0.5, 0.6) is 0 Å². The average Bonchev–Trinajstić information content (AvgIpc) is 3.14. The molecule has 0 fully saturated rings. The first kappa shape index (κ1) is 20.8. The van der Waals surface area contributed by atoms with E-state index in [1.165, 1.54) is 6.07 Å². The fourth-order valence-electron chi connectivity index (χ4n) is 3.17. The van der Waals surface area contributed by atoms with Crippen LogP contribution in [0.25, 0.3) is 22.3 Å². The van der Waals surface area contributed by atoms with Gasteiger partial charge in [-0.3, -0.25) is 4.98 Å². The van der Waals surface area contributed by atoms with Crippen LogP contribution in [0.1, 0.15) is 25.2 Å². The van der Waals surface area contributed by atoms with E-state index in [0.717, 1.165) is 22.6 Å². The molecule has 0 radical (unpaired) electrons. The van der Waals surface area contributed by atoms with Crippen LogP contribution in [0.3, 0.4) is 0 Å². The number of nitrogen functional groups attached to an aromatic ring is 1. The third kappa shape index (κ3) is 4.55. The minimum atomic E-state index is -0.379. The Labute approximate surface area is 174 Å². The van der Waals surface area contributed by atoms with Crippen molar-refractivity contribution < 1.29 is 4.39 Å². The van der Waals surface area contributed by atoms with E-state index in [1.807, 2.05) is 32.0 Å². The normalized spacial score (nSPS) is 10.6. The maximum absolute atomic E-state index is 14.7. The van der Waals surface area contributed by atoms with Gasteiger partial charge in [-0.1, -0.05) is 0 Å². The Morgan fingerprint density at radius 2 is 2.00 bits per heavy atom. The lowest BCUT2D eigenvalue weighted by Gasteiger charge is -2.13. The van der Waals surface area contributed by atoms with Crippen LogP contribution < -0.4 is 11.1 Å². The SMILES string of the molecule is C#C.CC(C)Nc1cncc(-c2cc(Cc3nc4ncccc4[nH]3)c(N)cc2F)c1. The van der Waals surface area contributed by atoms with Gasteiger partial charge in [-0.25, -0.2) is 14.4 Å². The molecule has 0 unspecified atom stereocenters. The quantitative estimate of drug-likeness (QED) is 0.340. The van der Waals surface area contributed by atoms with Crippen molar-refractivity contribution in [3.8, 4) is 24.0 Å². The third-order valence-corrected chi connectivity index (χ3v) is 4.40. The van der Waals surface area contributed by atoms with Gasteiger partial charge in [0.25, 0.3) is 0 Å². The lowest BCUT2D eigenvalue weighted by Crippen LogP contribution is -2.09. The number of nitrogens with two attached hydrogens (primary N) is 1. The van der Waals surface area contributed by atoms with Crippen LogP contribution in [-0.2, 0) is 6.42 Å². The second kappa shape index (κ2) is 9.05. The van der Waals surface area contributed by atoms with Crippen LogP contribution in [0.4, 0.5) is 15.8 Å². The van der Waals surface area contributed by atoms with E-state index in [9.17, 15) is 4.39 Å². The molecule has 6 nitrogen and oxygen atoms in total. The molecule has 0 bridgehead atoms. The number of pyridine rings is 2. The number of nitrogens with one attached hydrogen (secondary N) is 2. The largest absolute Gasteiger partial charge is 0.398 e. The molecule has 0 saturated heterocycles. The maximum atomic E-state index is 14.7. The highest BCUT2D eigenvalue weighted by atomic mass is 19.1. The molecule has 152 valence electrons. The zero-order valence-corrected chi connectivity index (χ0v) is 16.9. The van der Waals surface area contributed by atoms with E-state index in [2.05, 4.69) is 38.1 Å². The Kier molecular flexibility index (Phi) is 6.28. The second-order valence-corrected chi connectivity index (χ2v) is 7.03. The number of halogens is 1. The molecule has 0 aliphatic heterocycles. The molecule has 0 aliphatic rings. The second-order valence-electron chi connectivity index (χ2n) is 7.03. The molecule has 7 heteroatoms. The van der Waals surface area contributed by atoms with E-state index in [4.69, 9.17) is 5.73 Å². The summed E-state index contributed by atoms with van der Waals surface area (Å²) in [5, 5.41) is 3.28. The van der Waals surface area contributed by atoms with Crippen LogP contribution in [0, 0.1) is 18.7 Å². The number of fused-ring (bicyclic) bond motifs is 1. The fourth-order valence-corrected chi connectivity index (χ4v) is 3.17. The summed E-state index contributed by atoms with van der Waals surface area (Å²) in [4.78, 5) is 16.2. The van der Waals surface area contributed by atoms with Crippen molar-refractivity contribution in [2.75, 3.05) is 11.1 Å². The molecule has 30 heavy (non-hydrogen) atoms. The van der Waals surface area contributed by atoms with Gasteiger partial charge in [-0.15, -0.1) is 12.8 Å². The summed E-state index contributed by atoms with van der Waals surface area (Å²) in [5.74, 6) is 0.349. The summed E-state index contributed by atoms with van der Waals surface area (Å²) in [6.07, 6.45) is 13.5. The standard InChI is InChI=1S/C21H21FN6.C2H2/c1-12(2)26-15-6-14(10-24-11-15)16-7-13(18(23)9-17(16)22)8-20-27-19-4-3-5-25-21(19)28-20;1-2/h3-7,9-12,26H,8,23H2,1-2H3,(H,25,27,28);1-2H. The van der Waals surface area contributed by atoms with Crippen molar-refractivity contribution in [3.05, 3.63) is 66.1 Å². The smallest absolute Gasteiger partial charge is 0.177 e. The Balaban J connectivity index is 0.00000124. The molecule has 0 saturated carbocycles. The summed E-state index contributed by atoms with van der Waals surface area (Å²) < 4.78 is 14.7. The minimum absolute atomic E-state index is 0.255. The van der Waals surface area contributed by atoms with E-state index in [1.54, 1.807) is 24.7 Å². The highest BCUT2D eigenvalue weighted by molar-refractivity contribution is 5.72. The molecule has 1 aromatic carbocycles. The number of hydrogen-bond donors (Lipinski definition) is 3. The third-order valence-electron chi connectivity index (χ3n) is 4.40. The average molecular weight is 402 g/mol. The number of imidazole rings is 1. The van der Waals surface area contributed by atoms with Gasteiger partial charge in [-0.2, -0.15) is 0 Å². The van der Waals surface area contributed by atoms with Gasteiger partial charge in [0.2, 0.25) is 0 Å². The Bertz CT molecular complexity index is 1150. The monoisotopic (exact) mass is 402 g/mol. The van der Waals surface area contributed by atoms with E-state index < -0.39 is 0 Å². The van der Waals surface area contributed by atoms with Gasteiger partial charge in [0.05, 0.1) is 11.2 Å². The van der Waals surface area contributed by atoms with Crippen molar-refractivity contribution in [1.82, 2.24) is 19.9 Å². The number of anilines is 2. The minimum Gasteiger partial charge on any atom is -0.398 e. The lowest BCUT2D eigenvalue weighted by molar-refractivity contribution is 0.631. The first-order chi connectivity index (χ1) is 14.5. The lowest BCUT2D eigenvalue weighted by atomic mass is 10.00. The first-order valence-electron chi connectivity index (χ1n) is 9.42. The first-order valence-corrected chi connectivity index (χ1v) is 9.42. The topological polar surface area (TPSA) is 92.5 Å². The van der Waals surface area contributed by atoms with Crippen LogP contribution in [0.15, 0.2) is 48.9 Å². The number of rotatable bonds is 5. The van der Waals surface area contributed by atoms with Gasteiger partial charge in [0.1, 0.15) is 11.6 Å². The molecule has 3 heterocycles. The van der Waals surface area contributed by atoms with E-state index >= 15 is 0 Å². The van der Waals surface area contributed by atoms with Gasteiger partial charge < -0.3 is 16.0 Å². The molecule has 0 atom stereocenters. The number of aromatic nitrogens is 4. The van der Waals surface area contributed by atoms with Crippen molar-refractivity contribution >= 4 is 22.5 Å². The van der Waals surface area contributed by atoms with Crippen LogP contribution >= 0.6 is 0 Å². The fraction of sp³-hybridized carbons (Fsp3) is 0.174. The van der Waals surface area contributed by atoms with Crippen molar-refractivity contribution in [1.29, 1.82) is 0 Å². The number of hydrogen-bond acceptors (Lipinski definition) is 5. The molecule has 4 N–H and O–H groups in total. The van der Waals surface area contributed by atoms with Crippen molar-refractivity contribution in [2.45, 2.75) is 26.3 Å². The molecule has 0 amide bonds. The van der Waals surface area contributed by atoms with E-state index in [0.29, 0.717) is 28.9 Å². The maximum Gasteiger partial charge on any atom is 0.177 e. The Hall–Kier alpha value is -3.92. The summed E-state index contributed by atoms with van der Waals surface area (Å²) >= 11 is 0. The Morgan fingerprint density at radius 3 is 2.73 bits per heavy atom. The van der Waals surface area contributed by atoms with Crippen molar-refractivity contribution in [3.63, 3.8) is 0 Å². The highest BCUT2D eigenvalue weighted by Crippen LogP contribution is 2.29. The highest BCUT2D eigenvalue weighted by Gasteiger charge is 2.13. The molecule has 4 rings (SSSR count). The molecule has 0 aliphatic carbocycles. The van der Waals surface area contributed by atoms with Crippen molar-refractivity contribution in [2.24, 2.45) is 0 Å². The van der Waals surface area contributed by atoms with Crippen LogP contribution in [0.2, 0.25) is 0 Å². The predicted octanol–water partition coefficient (Wildman–Crippen LogP) is 4.40. The number of aromatic amines is 1. The summed E-state index contributed by atoms with van der Waals surface area (Å²) in [7, 11) is 0. The van der Waals surface area contributed by atoms with Gasteiger partial charge >= 0.3 is 0 Å². The number of H-pyrrole nitrogens is 1. The summed E-state index contributed by atoms with van der Waals surface area (Å²) in [6.45, 7) is 4.08. The van der Waals surface area contributed by atoms with Gasteiger partial charge in [0.15, 0.2) is 5.65 Å². The van der Waals surface area contributed by atoms with Gasteiger partial charge in [-0.05, 0) is 49.7 Å². The summed E-state index contributed by atoms with van der Waals surface area (Å²) in [6, 6.07) is 9.02. The number of terminal acetylenes is 1. The molecule has 4 aromatic rings. The van der Waals surface area contributed by atoms with Crippen LogP contribution in [-0.4, -0.2) is 26.0 Å². The van der Waals surface area contributed by atoms with Gasteiger partial charge in [0, 0.05) is 47.9 Å². The van der Waals surface area contributed by atoms with E-state index in [-0.39, 0.29) is 11.9 Å². The number of nitrogens with zero attached hydrogens (tertiary/aromatic N) is 3. The number of benzene rings is 1. The zero-order chi connectivity index (χ0) is 21.7. The molecular formula is C23H23FN6. The molecule has 3 aromatic heterocycles. The zero-order valence-electron chi connectivity index (χ0n) is 16.9. The summed E-state index contributed by atoms with van der Waals surface area (Å²) in [5.41, 5.74) is 10.8. The molecule has 0 spiro atoms. The molecular weight excluding hydrogens is 379 g/mol. The predicted molar refractivity (Wildman–Crippen MR) is 119 cm³/mol.